The highest BCUT2D eigenvalue weighted by Gasteiger charge is 2.41. The number of hydrogen-bond acceptors (Lipinski definition) is 1. The summed E-state index contributed by atoms with van der Waals surface area (Å²) < 4.78 is 2.13. The quantitative estimate of drug-likeness (QED) is 0.168. The molecule has 0 amide bonds. The Bertz CT molecular complexity index is 1870. The van der Waals surface area contributed by atoms with E-state index in [0.29, 0.717) is 0 Å². The summed E-state index contributed by atoms with van der Waals surface area (Å²) in [5, 5.41) is 5.00. The van der Waals surface area contributed by atoms with Gasteiger partial charge < -0.3 is 4.90 Å². The molecule has 1 aliphatic rings. The first-order valence-electron chi connectivity index (χ1n) is 14.5. The summed E-state index contributed by atoms with van der Waals surface area (Å²) in [6.45, 7) is 9.58. The van der Waals surface area contributed by atoms with E-state index in [0.717, 1.165) is 26.7 Å². The summed E-state index contributed by atoms with van der Waals surface area (Å²) in [6, 6.07) is 42.3. The Kier molecular flexibility index (Phi) is 6.60. The Morgan fingerprint density at radius 3 is 1.48 bits per heavy atom. The van der Waals surface area contributed by atoms with Gasteiger partial charge in [0.25, 0.3) is 0 Å². The van der Waals surface area contributed by atoms with Crippen LogP contribution in [0.4, 0.5) is 17.1 Å². The van der Waals surface area contributed by atoms with Crippen LogP contribution in [0.1, 0.15) is 45.2 Å². The smallest absolute Gasteiger partial charge is 0.0618 e. The van der Waals surface area contributed by atoms with Crippen molar-refractivity contribution in [2.24, 2.45) is 0 Å². The van der Waals surface area contributed by atoms with Crippen molar-refractivity contribution in [2.75, 3.05) is 4.90 Å². The lowest BCUT2D eigenvalue weighted by molar-refractivity contribution is 0.403. The first-order valence-corrected chi connectivity index (χ1v) is 16.1. The predicted molar refractivity (Wildman–Crippen MR) is 188 cm³/mol. The molecule has 1 aliphatic carbocycles. The Morgan fingerprint density at radius 1 is 0.524 bits per heavy atom. The number of nitrogens with zero attached hydrogens (tertiary/aromatic N) is 1. The molecule has 0 aromatic heterocycles. The second-order valence-corrected chi connectivity index (χ2v) is 14.6. The van der Waals surface area contributed by atoms with Crippen molar-refractivity contribution >= 4 is 70.5 Å². The second kappa shape index (κ2) is 10.1. The molecule has 0 aliphatic heterocycles. The lowest BCUT2D eigenvalue weighted by atomic mass is 9.82. The number of halogens is 2. The monoisotopic (exact) mass is 673 g/mol. The first kappa shape index (κ1) is 27.4. The molecule has 7 rings (SSSR count). The molecule has 208 valence electrons. The van der Waals surface area contributed by atoms with Gasteiger partial charge in [-0.15, -0.1) is 0 Å². The van der Waals surface area contributed by atoms with Gasteiger partial charge >= 0.3 is 0 Å². The third kappa shape index (κ3) is 4.49. The highest BCUT2D eigenvalue weighted by atomic mass is 79.9. The van der Waals surface area contributed by atoms with Crippen LogP contribution in [-0.2, 0) is 10.8 Å². The van der Waals surface area contributed by atoms with Gasteiger partial charge in [-0.1, -0.05) is 126 Å². The van der Waals surface area contributed by atoms with Crippen LogP contribution in [0.2, 0.25) is 0 Å². The summed E-state index contributed by atoms with van der Waals surface area (Å²) in [4.78, 5) is 2.40. The van der Waals surface area contributed by atoms with E-state index in [9.17, 15) is 0 Å². The van der Waals surface area contributed by atoms with Crippen molar-refractivity contribution in [2.45, 2.75) is 44.9 Å². The Morgan fingerprint density at radius 2 is 0.976 bits per heavy atom. The molecule has 0 N–H and O–H groups in total. The maximum absolute atomic E-state index is 3.64. The van der Waals surface area contributed by atoms with Gasteiger partial charge in [0, 0.05) is 31.1 Å². The van der Waals surface area contributed by atoms with E-state index in [1.165, 1.54) is 49.5 Å². The van der Waals surface area contributed by atoms with Gasteiger partial charge in [-0.3, -0.25) is 0 Å². The zero-order valence-electron chi connectivity index (χ0n) is 24.4. The van der Waals surface area contributed by atoms with E-state index >= 15 is 0 Å². The minimum atomic E-state index is 0.139. The van der Waals surface area contributed by atoms with Gasteiger partial charge in [0.15, 0.2) is 0 Å². The molecular formula is C39H33Br2N. The maximum Gasteiger partial charge on any atom is 0.0618 e. The first-order chi connectivity index (χ1) is 20.1. The number of rotatable bonds is 4. The molecule has 0 spiro atoms. The topological polar surface area (TPSA) is 3.24 Å². The molecule has 0 bridgehead atoms. The molecule has 0 saturated carbocycles. The molecule has 6 aromatic rings. The molecule has 0 fully saturated rings. The summed E-state index contributed by atoms with van der Waals surface area (Å²) in [6.07, 6.45) is 1.16. The van der Waals surface area contributed by atoms with Crippen molar-refractivity contribution in [3.63, 3.8) is 0 Å². The minimum absolute atomic E-state index is 0.139. The van der Waals surface area contributed by atoms with Crippen LogP contribution in [0.15, 0.2) is 124 Å². The molecule has 0 heterocycles. The molecule has 6 aromatic carbocycles. The molecular weight excluding hydrogens is 642 g/mol. The zero-order valence-corrected chi connectivity index (χ0v) is 27.6. The normalized spacial score (nSPS) is 15.2. The maximum atomic E-state index is 3.64. The van der Waals surface area contributed by atoms with Gasteiger partial charge in [-0.05, 0) is 98.8 Å². The van der Waals surface area contributed by atoms with Crippen molar-refractivity contribution in [1.29, 1.82) is 0 Å². The molecule has 0 atom stereocenters. The summed E-state index contributed by atoms with van der Waals surface area (Å²) in [5.41, 5.74) is 9.30. The number of anilines is 3. The van der Waals surface area contributed by atoms with Crippen LogP contribution in [0.3, 0.4) is 0 Å². The SMILES string of the molecule is CC1(C)CC(C)(C)c2cc(-c3c4ccccc4c(N(c4ccc(Br)cc4)c4ccc(Br)cc4)c4ccccc34)ccc21. The van der Waals surface area contributed by atoms with E-state index in [2.05, 4.69) is 180 Å². The largest absolute Gasteiger partial charge is 0.309 e. The average molecular weight is 676 g/mol. The van der Waals surface area contributed by atoms with Gasteiger partial charge in [-0.25, -0.2) is 0 Å². The third-order valence-corrected chi connectivity index (χ3v) is 10.0. The molecule has 1 nitrogen and oxygen atoms in total. The standard InChI is InChI=1S/C39H33Br2N/c1-38(2)24-39(3,4)35-23-25(13-22-34(35)38)36-30-9-5-7-11-32(30)37(33-12-8-6-10-31(33)36)42(28-18-14-26(40)15-19-28)29-20-16-27(41)17-21-29/h5-23H,24H2,1-4H3. The van der Waals surface area contributed by atoms with Crippen LogP contribution in [0.25, 0.3) is 32.7 Å². The van der Waals surface area contributed by atoms with Crippen molar-refractivity contribution < 1.29 is 0 Å². The van der Waals surface area contributed by atoms with Crippen LogP contribution in [-0.4, -0.2) is 0 Å². The van der Waals surface area contributed by atoms with Crippen molar-refractivity contribution in [3.05, 3.63) is 135 Å². The lowest BCUT2D eigenvalue weighted by Crippen LogP contribution is -2.17. The highest BCUT2D eigenvalue weighted by molar-refractivity contribution is 9.10. The van der Waals surface area contributed by atoms with Gasteiger partial charge in [0.1, 0.15) is 0 Å². The lowest BCUT2D eigenvalue weighted by Gasteiger charge is -2.30. The number of hydrogen-bond donors (Lipinski definition) is 0. The van der Waals surface area contributed by atoms with Crippen LogP contribution in [0, 0.1) is 0 Å². The fourth-order valence-electron chi connectivity index (χ4n) is 7.39. The molecule has 0 unspecified atom stereocenters. The van der Waals surface area contributed by atoms with Crippen molar-refractivity contribution in [3.8, 4) is 11.1 Å². The van der Waals surface area contributed by atoms with Gasteiger partial charge in [-0.2, -0.15) is 0 Å². The second-order valence-electron chi connectivity index (χ2n) is 12.8. The molecule has 3 heteroatoms. The highest BCUT2D eigenvalue weighted by Crippen LogP contribution is 2.52. The number of benzene rings is 6. The Hall–Kier alpha value is -3.40. The fourth-order valence-corrected chi connectivity index (χ4v) is 7.92. The summed E-state index contributed by atoms with van der Waals surface area (Å²) in [7, 11) is 0. The van der Waals surface area contributed by atoms with Gasteiger partial charge in [0.2, 0.25) is 0 Å². The van der Waals surface area contributed by atoms with Crippen LogP contribution >= 0.6 is 31.9 Å². The molecule has 42 heavy (non-hydrogen) atoms. The number of fused-ring (bicyclic) bond motifs is 3. The van der Waals surface area contributed by atoms with E-state index in [1.54, 1.807) is 0 Å². The zero-order chi connectivity index (χ0) is 29.2. The molecule has 0 saturated heterocycles. The molecule has 0 radical (unpaired) electrons. The fraction of sp³-hybridized carbons (Fsp3) is 0.179. The average Bonchev–Trinajstić information content (AvgIpc) is 3.17. The van der Waals surface area contributed by atoms with Gasteiger partial charge in [0.05, 0.1) is 5.69 Å². The van der Waals surface area contributed by atoms with E-state index in [1.807, 2.05) is 0 Å². The third-order valence-electron chi connectivity index (χ3n) is 8.95. The Balaban J connectivity index is 1.57. The van der Waals surface area contributed by atoms with E-state index < -0.39 is 0 Å². The summed E-state index contributed by atoms with van der Waals surface area (Å²) >= 11 is 7.29. The van der Waals surface area contributed by atoms with E-state index in [-0.39, 0.29) is 10.8 Å². The predicted octanol–water partition coefficient (Wildman–Crippen LogP) is 12.6. The summed E-state index contributed by atoms with van der Waals surface area (Å²) in [5.74, 6) is 0. The van der Waals surface area contributed by atoms with E-state index in [4.69, 9.17) is 0 Å². The van der Waals surface area contributed by atoms with Crippen LogP contribution in [0.5, 0.6) is 0 Å². The minimum Gasteiger partial charge on any atom is -0.309 e. The van der Waals surface area contributed by atoms with Crippen LogP contribution < -0.4 is 4.90 Å². The van der Waals surface area contributed by atoms with Crippen molar-refractivity contribution in [1.82, 2.24) is 0 Å². The Labute approximate surface area is 265 Å².